The van der Waals surface area contributed by atoms with Gasteiger partial charge in [0.25, 0.3) is 5.91 Å². The van der Waals surface area contributed by atoms with E-state index in [9.17, 15) is 9.90 Å². The number of phenols is 1. The summed E-state index contributed by atoms with van der Waals surface area (Å²) in [5.74, 6) is -0.114. The number of hydrogen-bond acceptors (Lipinski definition) is 10. The molecule has 2 aromatic heterocycles. The van der Waals surface area contributed by atoms with Crippen molar-refractivity contribution in [1.82, 2.24) is 30.7 Å². The highest BCUT2D eigenvalue weighted by Gasteiger charge is 2.20. The first-order valence-corrected chi connectivity index (χ1v) is 7.65. The summed E-state index contributed by atoms with van der Waals surface area (Å²) in [7, 11) is 1.44. The summed E-state index contributed by atoms with van der Waals surface area (Å²) in [6, 6.07) is 4.72. The van der Waals surface area contributed by atoms with Crippen LogP contribution in [-0.2, 0) is 0 Å². The maximum Gasteiger partial charge on any atom is 0.293 e. The molecule has 0 fully saturated rings. The van der Waals surface area contributed by atoms with E-state index in [2.05, 4.69) is 35.8 Å². The Hall–Kier alpha value is -3.96. The average Bonchev–Trinajstić information content (AvgIpc) is 3.25. The van der Waals surface area contributed by atoms with Crippen LogP contribution in [0.2, 0.25) is 0 Å². The number of nitrogens with two attached hydrogens (primary N) is 1. The highest BCUT2D eigenvalue weighted by Crippen LogP contribution is 2.26. The van der Waals surface area contributed by atoms with Gasteiger partial charge in [-0.2, -0.15) is 9.78 Å². The number of hydrazone groups is 1. The monoisotopic (exact) mass is 372 g/mol. The van der Waals surface area contributed by atoms with E-state index in [4.69, 9.17) is 10.5 Å². The number of nitrogen functional groups attached to an aromatic ring is 1. The number of nitrogens with zero attached hydrogens (tertiary/aromatic N) is 6. The molecule has 1 aromatic carbocycles. The molecule has 0 saturated heterocycles. The lowest BCUT2D eigenvalue weighted by Crippen LogP contribution is -2.21. The number of rotatable bonds is 5. The van der Waals surface area contributed by atoms with Gasteiger partial charge in [0, 0.05) is 5.56 Å². The van der Waals surface area contributed by atoms with E-state index in [1.807, 2.05) is 0 Å². The fourth-order valence-corrected chi connectivity index (χ4v) is 2.23. The van der Waals surface area contributed by atoms with Crippen molar-refractivity contribution in [2.45, 2.75) is 13.8 Å². The molecule has 3 rings (SSSR count). The molecular weight excluding hydrogens is 356 g/mol. The molecule has 0 atom stereocenters. The van der Waals surface area contributed by atoms with E-state index < -0.39 is 5.91 Å². The van der Waals surface area contributed by atoms with Gasteiger partial charge in [-0.3, -0.25) is 4.79 Å². The molecule has 0 aliphatic heterocycles. The summed E-state index contributed by atoms with van der Waals surface area (Å²) in [6.45, 7) is 3.31. The number of methoxy groups -OCH3 is 1. The smallest absolute Gasteiger partial charge is 0.293 e. The van der Waals surface area contributed by atoms with Crippen LogP contribution in [-0.4, -0.2) is 49.1 Å². The third-order valence-electron chi connectivity index (χ3n) is 3.73. The molecule has 0 aliphatic carbocycles. The molecule has 12 nitrogen and oxygen atoms in total. The molecule has 0 bridgehead atoms. The summed E-state index contributed by atoms with van der Waals surface area (Å²) < 4.78 is 10.8. The summed E-state index contributed by atoms with van der Waals surface area (Å²) in [6.07, 6.45) is 0. The molecule has 3 aromatic rings. The number of carbonyl (C=O) groups excluding carboxylic acids is 1. The van der Waals surface area contributed by atoms with Gasteiger partial charge in [-0.25, -0.2) is 10.1 Å². The minimum Gasteiger partial charge on any atom is -0.504 e. The molecule has 12 heteroatoms. The Balaban J connectivity index is 1.79. The standard InChI is InChI=1S/C15H16N8O4/c1-7(9-4-5-10(24)11(6-9)26-3)17-19-15(25)12-8(2)23(22-18-12)14-13(16)20-27-21-14/h4-6,24H,1-3H3,(H2,16,20)(H,19,25)/b17-7+. The number of hydrogen-bond donors (Lipinski definition) is 3. The van der Waals surface area contributed by atoms with Gasteiger partial charge in [-0.05, 0) is 42.4 Å². The normalized spacial score (nSPS) is 11.4. The summed E-state index contributed by atoms with van der Waals surface area (Å²) in [5, 5.41) is 28.4. The first-order valence-electron chi connectivity index (χ1n) is 7.65. The van der Waals surface area contributed by atoms with Crippen molar-refractivity contribution in [3.8, 4) is 17.3 Å². The Morgan fingerprint density at radius 3 is 2.85 bits per heavy atom. The Bertz CT molecular complexity index is 1020. The molecule has 0 unspecified atom stereocenters. The summed E-state index contributed by atoms with van der Waals surface area (Å²) >= 11 is 0. The SMILES string of the molecule is COc1cc(/C(C)=N/NC(=O)c2nnn(-c3nonc3N)c2C)ccc1O. The number of carbonyl (C=O) groups is 1. The first kappa shape index (κ1) is 17.8. The molecule has 140 valence electrons. The van der Waals surface area contributed by atoms with Crippen LogP contribution >= 0.6 is 0 Å². The highest BCUT2D eigenvalue weighted by atomic mass is 16.6. The van der Waals surface area contributed by atoms with Crippen molar-refractivity contribution in [3.63, 3.8) is 0 Å². The Morgan fingerprint density at radius 1 is 1.41 bits per heavy atom. The van der Waals surface area contributed by atoms with E-state index in [1.165, 1.54) is 17.9 Å². The van der Waals surface area contributed by atoms with Gasteiger partial charge >= 0.3 is 0 Å². The van der Waals surface area contributed by atoms with Crippen molar-refractivity contribution in [2.24, 2.45) is 5.10 Å². The second kappa shape index (κ2) is 7.11. The van der Waals surface area contributed by atoms with Gasteiger partial charge in [0.1, 0.15) is 0 Å². The van der Waals surface area contributed by atoms with Crippen LogP contribution in [0.4, 0.5) is 5.82 Å². The number of amides is 1. The highest BCUT2D eigenvalue weighted by molar-refractivity contribution is 6.01. The quantitative estimate of drug-likeness (QED) is 0.424. The van der Waals surface area contributed by atoms with E-state index in [1.54, 1.807) is 26.0 Å². The zero-order chi connectivity index (χ0) is 19.6. The number of aromatic hydroxyl groups is 1. The zero-order valence-electron chi connectivity index (χ0n) is 14.7. The molecule has 0 saturated carbocycles. The lowest BCUT2D eigenvalue weighted by molar-refractivity contribution is 0.0949. The minimum absolute atomic E-state index is 0.00643. The van der Waals surface area contributed by atoms with Gasteiger partial charge in [0.05, 0.1) is 18.5 Å². The molecule has 0 aliphatic rings. The number of anilines is 1. The predicted molar refractivity (Wildman–Crippen MR) is 92.7 cm³/mol. The summed E-state index contributed by atoms with van der Waals surface area (Å²) in [5.41, 5.74) is 9.60. The Labute approximate surface area is 152 Å². The molecule has 2 heterocycles. The number of phenolic OH excluding ortho intramolecular Hbond substituents is 1. The lowest BCUT2D eigenvalue weighted by atomic mass is 10.1. The maximum atomic E-state index is 12.4. The van der Waals surface area contributed by atoms with Crippen LogP contribution in [0.3, 0.4) is 0 Å². The third-order valence-corrected chi connectivity index (χ3v) is 3.73. The van der Waals surface area contributed by atoms with Crippen LogP contribution < -0.4 is 15.9 Å². The van der Waals surface area contributed by atoms with Crippen molar-refractivity contribution < 1.29 is 19.3 Å². The number of aromatic nitrogens is 5. The fourth-order valence-electron chi connectivity index (χ4n) is 2.23. The van der Waals surface area contributed by atoms with Gasteiger partial charge in [0.15, 0.2) is 17.2 Å². The van der Waals surface area contributed by atoms with Gasteiger partial charge in [-0.15, -0.1) is 5.10 Å². The van der Waals surface area contributed by atoms with Crippen LogP contribution in [0.1, 0.15) is 28.7 Å². The molecule has 27 heavy (non-hydrogen) atoms. The van der Waals surface area contributed by atoms with Crippen molar-refractivity contribution >= 4 is 17.4 Å². The van der Waals surface area contributed by atoms with Crippen LogP contribution in [0.15, 0.2) is 27.9 Å². The summed E-state index contributed by atoms with van der Waals surface area (Å²) in [4.78, 5) is 12.4. The van der Waals surface area contributed by atoms with E-state index >= 15 is 0 Å². The van der Waals surface area contributed by atoms with Crippen molar-refractivity contribution in [1.29, 1.82) is 0 Å². The predicted octanol–water partition coefficient (Wildman–Crippen LogP) is 0.409. The van der Waals surface area contributed by atoms with Crippen LogP contribution in [0.25, 0.3) is 5.82 Å². The lowest BCUT2D eigenvalue weighted by Gasteiger charge is -2.06. The zero-order valence-corrected chi connectivity index (χ0v) is 14.7. The van der Waals surface area contributed by atoms with Gasteiger partial charge in [0.2, 0.25) is 11.6 Å². The van der Waals surface area contributed by atoms with E-state index in [-0.39, 0.29) is 23.1 Å². The Kier molecular flexibility index (Phi) is 4.70. The van der Waals surface area contributed by atoms with Crippen molar-refractivity contribution in [3.05, 3.63) is 35.2 Å². The molecule has 0 radical (unpaired) electrons. The topological polar surface area (TPSA) is 167 Å². The fraction of sp³-hybridized carbons (Fsp3) is 0.200. The van der Waals surface area contributed by atoms with Crippen LogP contribution in [0, 0.1) is 6.92 Å². The van der Waals surface area contributed by atoms with Crippen LogP contribution in [0.5, 0.6) is 11.5 Å². The Morgan fingerprint density at radius 2 is 2.19 bits per heavy atom. The number of benzene rings is 1. The third kappa shape index (κ3) is 3.40. The first-order chi connectivity index (χ1) is 12.9. The minimum atomic E-state index is -0.570. The number of ether oxygens (including phenoxy) is 1. The van der Waals surface area contributed by atoms with Gasteiger partial charge in [-0.1, -0.05) is 5.21 Å². The van der Waals surface area contributed by atoms with E-state index in [0.717, 1.165) is 0 Å². The second-order valence-electron chi connectivity index (χ2n) is 5.43. The number of nitrogens with one attached hydrogen (secondary N) is 1. The average molecular weight is 372 g/mol. The molecule has 1 amide bonds. The molecule has 4 N–H and O–H groups in total. The maximum absolute atomic E-state index is 12.4. The second-order valence-corrected chi connectivity index (χ2v) is 5.43. The van der Waals surface area contributed by atoms with Crippen molar-refractivity contribution in [2.75, 3.05) is 12.8 Å². The molecular formula is C15H16N8O4. The van der Waals surface area contributed by atoms with E-state index in [0.29, 0.717) is 22.7 Å². The largest absolute Gasteiger partial charge is 0.504 e. The van der Waals surface area contributed by atoms with Gasteiger partial charge < -0.3 is 15.6 Å². The molecule has 0 spiro atoms.